The van der Waals surface area contributed by atoms with Crippen LogP contribution < -0.4 is 0 Å². The molecule has 1 aliphatic heterocycles. The first-order valence-corrected chi connectivity index (χ1v) is 6.98. The first kappa shape index (κ1) is 16.8. The highest BCUT2D eigenvalue weighted by molar-refractivity contribution is 5.77. The number of hydrogen-bond donors (Lipinski definition) is 1. The zero-order chi connectivity index (χ0) is 16.5. The lowest BCUT2D eigenvalue weighted by molar-refractivity contribution is -0.137. The minimum atomic E-state index is -4.41. The number of likely N-dealkylation sites (tertiary alicyclic amines) is 1. The van der Waals surface area contributed by atoms with Crippen LogP contribution >= 0.6 is 0 Å². The van der Waals surface area contributed by atoms with Gasteiger partial charge in [-0.15, -0.1) is 0 Å². The van der Waals surface area contributed by atoms with E-state index >= 15 is 0 Å². The summed E-state index contributed by atoms with van der Waals surface area (Å²) in [5, 5.41) is 9.82. The van der Waals surface area contributed by atoms with E-state index in [1.165, 1.54) is 11.0 Å². The zero-order valence-corrected chi connectivity index (χ0v) is 12.5. The molecule has 2 atom stereocenters. The van der Waals surface area contributed by atoms with E-state index in [2.05, 4.69) is 0 Å². The lowest BCUT2D eigenvalue weighted by Gasteiger charge is -2.25. The fraction of sp³-hybridized carbons (Fsp3) is 0.533. The molecule has 2 rings (SSSR count). The lowest BCUT2D eigenvalue weighted by atomic mass is 10.0. The smallest absolute Gasteiger partial charge is 0.392 e. The van der Waals surface area contributed by atoms with Crippen molar-refractivity contribution in [2.75, 3.05) is 27.2 Å². The van der Waals surface area contributed by atoms with Crippen molar-refractivity contribution in [3.05, 3.63) is 35.4 Å². The van der Waals surface area contributed by atoms with E-state index in [0.29, 0.717) is 12.0 Å². The van der Waals surface area contributed by atoms with Gasteiger partial charge in [0.1, 0.15) is 0 Å². The Kier molecular flexibility index (Phi) is 4.77. The normalized spacial score (nSPS) is 22.8. The molecule has 1 heterocycles. The number of β-amino-alcohol motifs (C(OH)–C–C–N with tert-alkyl or cyclic N) is 1. The van der Waals surface area contributed by atoms with Gasteiger partial charge in [-0.1, -0.05) is 12.1 Å². The van der Waals surface area contributed by atoms with Crippen LogP contribution in [0.3, 0.4) is 0 Å². The van der Waals surface area contributed by atoms with Crippen LogP contribution in [0.2, 0.25) is 0 Å². The molecule has 4 nitrogen and oxygen atoms in total. The molecule has 0 spiro atoms. The Balaban J connectivity index is 2.23. The number of amides is 1. The van der Waals surface area contributed by atoms with Gasteiger partial charge in [0.05, 0.1) is 18.2 Å². The number of aliphatic hydroxyl groups excluding tert-OH is 1. The maximum absolute atomic E-state index is 12.8. The third kappa shape index (κ3) is 3.78. The van der Waals surface area contributed by atoms with Crippen molar-refractivity contribution in [2.45, 2.75) is 24.7 Å². The fourth-order valence-electron chi connectivity index (χ4n) is 2.64. The van der Waals surface area contributed by atoms with E-state index in [1.807, 2.05) is 0 Å². The molecular weight excluding hydrogens is 297 g/mol. The lowest BCUT2D eigenvalue weighted by Crippen LogP contribution is -2.37. The number of hydrogen-bond acceptors (Lipinski definition) is 3. The van der Waals surface area contributed by atoms with E-state index in [4.69, 9.17) is 0 Å². The molecule has 1 N–H and O–H groups in total. The van der Waals surface area contributed by atoms with Gasteiger partial charge in [-0.3, -0.25) is 9.69 Å². The monoisotopic (exact) mass is 316 g/mol. The van der Waals surface area contributed by atoms with E-state index in [9.17, 15) is 23.1 Å². The van der Waals surface area contributed by atoms with Crippen LogP contribution in [0.1, 0.15) is 23.6 Å². The topological polar surface area (TPSA) is 43.8 Å². The summed E-state index contributed by atoms with van der Waals surface area (Å²) < 4.78 is 38.5. The van der Waals surface area contributed by atoms with E-state index in [1.54, 1.807) is 25.1 Å². The Bertz CT molecular complexity index is 546. The van der Waals surface area contributed by atoms with E-state index in [0.717, 1.165) is 12.1 Å². The molecule has 1 aromatic carbocycles. The van der Waals surface area contributed by atoms with Gasteiger partial charge in [-0.25, -0.2) is 0 Å². The van der Waals surface area contributed by atoms with Crippen LogP contribution in [0.5, 0.6) is 0 Å². The molecule has 22 heavy (non-hydrogen) atoms. The summed E-state index contributed by atoms with van der Waals surface area (Å²) in [6.45, 7) is 0.353. The molecule has 0 saturated carbocycles. The summed E-state index contributed by atoms with van der Waals surface area (Å²) in [7, 11) is 3.24. The van der Waals surface area contributed by atoms with Gasteiger partial charge >= 0.3 is 6.18 Å². The first-order chi connectivity index (χ1) is 10.2. The average Bonchev–Trinajstić information content (AvgIpc) is 2.78. The van der Waals surface area contributed by atoms with Crippen molar-refractivity contribution in [2.24, 2.45) is 0 Å². The summed E-state index contributed by atoms with van der Waals surface area (Å²) in [6, 6.07) is 4.68. The molecule has 1 fully saturated rings. The third-order valence-corrected chi connectivity index (χ3v) is 3.82. The summed E-state index contributed by atoms with van der Waals surface area (Å²) in [5.41, 5.74) is -0.247. The number of halogens is 3. The van der Waals surface area contributed by atoms with Crippen molar-refractivity contribution in [3.63, 3.8) is 0 Å². The fourth-order valence-corrected chi connectivity index (χ4v) is 2.64. The predicted molar refractivity (Wildman–Crippen MR) is 75.1 cm³/mol. The van der Waals surface area contributed by atoms with Crippen LogP contribution in [0.4, 0.5) is 13.2 Å². The standard InChI is InChI=1S/C15H19F3N2O2/c1-19(2)14(22)9-20-8-12(21)7-13(20)10-4-3-5-11(6-10)15(16,17)18/h3-6,12-13,21H,7-9H2,1-2H3/t12-,13-/m0/s1. The minimum absolute atomic E-state index is 0.0744. The molecular formula is C15H19F3N2O2. The number of aliphatic hydroxyl groups is 1. The van der Waals surface area contributed by atoms with E-state index < -0.39 is 17.8 Å². The number of carbonyl (C=O) groups is 1. The van der Waals surface area contributed by atoms with Gasteiger partial charge in [-0.2, -0.15) is 13.2 Å². The minimum Gasteiger partial charge on any atom is -0.392 e. The van der Waals surface area contributed by atoms with Crippen LogP contribution in [0.25, 0.3) is 0 Å². The largest absolute Gasteiger partial charge is 0.416 e. The molecule has 7 heteroatoms. The second-order valence-electron chi connectivity index (χ2n) is 5.75. The summed E-state index contributed by atoms with van der Waals surface area (Å²) >= 11 is 0. The SMILES string of the molecule is CN(C)C(=O)CN1C[C@@H](O)C[C@H]1c1cccc(C(F)(F)F)c1. The molecule has 1 aromatic rings. The van der Waals surface area contributed by atoms with Crippen molar-refractivity contribution in [3.8, 4) is 0 Å². The molecule has 0 unspecified atom stereocenters. The van der Waals surface area contributed by atoms with Gasteiger partial charge in [0.2, 0.25) is 5.91 Å². The highest BCUT2D eigenvalue weighted by Crippen LogP contribution is 2.35. The molecule has 0 radical (unpaired) electrons. The number of benzene rings is 1. The predicted octanol–water partition coefficient (Wildman–Crippen LogP) is 1.90. The van der Waals surface area contributed by atoms with Gasteiger partial charge in [0.15, 0.2) is 0 Å². The molecule has 0 aliphatic carbocycles. The van der Waals surface area contributed by atoms with Crippen molar-refractivity contribution in [1.29, 1.82) is 0 Å². The maximum Gasteiger partial charge on any atom is 0.416 e. The second-order valence-corrected chi connectivity index (χ2v) is 5.75. The van der Waals surface area contributed by atoms with Crippen molar-refractivity contribution < 1.29 is 23.1 Å². The van der Waals surface area contributed by atoms with Crippen LogP contribution in [-0.4, -0.2) is 54.1 Å². The number of likely N-dealkylation sites (N-methyl/N-ethyl adjacent to an activating group) is 1. The van der Waals surface area contributed by atoms with Gasteiger partial charge in [-0.05, 0) is 24.1 Å². The number of nitrogens with zero attached hydrogens (tertiary/aromatic N) is 2. The number of alkyl halides is 3. The highest BCUT2D eigenvalue weighted by atomic mass is 19.4. The quantitative estimate of drug-likeness (QED) is 0.926. The van der Waals surface area contributed by atoms with Crippen LogP contribution in [-0.2, 0) is 11.0 Å². The molecule has 1 amide bonds. The van der Waals surface area contributed by atoms with Crippen LogP contribution in [0, 0.1) is 0 Å². The molecule has 0 aromatic heterocycles. The summed E-state index contributed by atoms with van der Waals surface area (Å²) in [5.74, 6) is -0.147. The Labute approximate surface area is 127 Å². The Morgan fingerprint density at radius 3 is 2.68 bits per heavy atom. The third-order valence-electron chi connectivity index (χ3n) is 3.82. The zero-order valence-electron chi connectivity index (χ0n) is 12.5. The molecule has 1 aliphatic rings. The molecule has 0 bridgehead atoms. The summed E-state index contributed by atoms with van der Waals surface area (Å²) in [6.07, 6.45) is -4.73. The van der Waals surface area contributed by atoms with Crippen LogP contribution in [0.15, 0.2) is 24.3 Å². The maximum atomic E-state index is 12.8. The Morgan fingerprint density at radius 1 is 1.41 bits per heavy atom. The molecule has 1 saturated heterocycles. The second kappa shape index (κ2) is 6.26. The average molecular weight is 316 g/mol. The van der Waals surface area contributed by atoms with E-state index in [-0.39, 0.29) is 25.0 Å². The summed E-state index contributed by atoms with van der Waals surface area (Å²) in [4.78, 5) is 15.0. The first-order valence-electron chi connectivity index (χ1n) is 6.98. The van der Waals surface area contributed by atoms with Gasteiger partial charge in [0.25, 0.3) is 0 Å². The van der Waals surface area contributed by atoms with Crippen molar-refractivity contribution >= 4 is 5.91 Å². The van der Waals surface area contributed by atoms with Gasteiger partial charge in [0, 0.05) is 26.7 Å². The highest BCUT2D eigenvalue weighted by Gasteiger charge is 2.35. The van der Waals surface area contributed by atoms with Crippen molar-refractivity contribution in [1.82, 2.24) is 9.80 Å². The number of rotatable bonds is 3. The molecule has 122 valence electrons. The Hall–Kier alpha value is -1.60. The Morgan fingerprint density at radius 2 is 2.09 bits per heavy atom. The number of carbonyl (C=O) groups excluding carboxylic acids is 1. The van der Waals surface area contributed by atoms with Gasteiger partial charge < -0.3 is 10.0 Å².